The van der Waals surface area contributed by atoms with Crippen molar-refractivity contribution < 1.29 is 13.2 Å². The number of hydrogen-bond acceptors (Lipinski definition) is 4. The number of carbonyl (C=O) groups excluding carboxylic acids is 1. The molecule has 2 heterocycles. The summed E-state index contributed by atoms with van der Waals surface area (Å²) in [6.07, 6.45) is 1.17. The molecular weight excluding hydrogens is 356 g/mol. The number of benzene rings is 1. The van der Waals surface area contributed by atoms with E-state index in [9.17, 15) is 13.2 Å². The third kappa shape index (κ3) is 4.29. The van der Waals surface area contributed by atoms with Crippen molar-refractivity contribution in [2.75, 3.05) is 26.2 Å². The quantitative estimate of drug-likeness (QED) is 0.803. The zero-order chi connectivity index (χ0) is 17.9. The van der Waals surface area contributed by atoms with E-state index in [1.807, 2.05) is 31.2 Å². The molecule has 1 aliphatic rings. The van der Waals surface area contributed by atoms with Gasteiger partial charge in [-0.2, -0.15) is 4.31 Å². The number of sulfonamides is 1. The lowest BCUT2D eigenvalue weighted by atomic mass is 10.1. The predicted molar refractivity (Wildman–Crippen MR) is 99.2 cm³/mol. The van der Waals surface area contributed by atoms with Crippen molar-refractivity contribution in [3.05, 3.63) is 52.9 Å². The van der Waals surface area contributed by atoms with E-state index < -0.39 is 10.0 Å². The zero-order valence-corrected chi connectivity index (χ0v) is 15.9. The van der Waals surface area contributed by atoms with Gasteiger partial charge in [-0.15, -0.1) is 11.3 Å². The fourth-order valence-electron chi connectivity index (χ4n) is 2.88. The number of piperazine rings is 1. The molecule has 25 heavy (non-hydrogen) atoms. The maximum atomic E-state index is 12.5. The summed E-state index contributed by atoms with van der Waals surface area (Å²) >= 11 is 1.23. The summed E-state index contributed by atoms with van der Waals surface area (Å²) in [4.78, 5) is 14.2. The summed E-state index contributed by atoms with van der Waals surface area (Å²) in [6, 6.07) is 11.6. The van der Waals surface area contributed by atoms with Crippen LogP contribution >= 0.6 is 11.3 Å². The van der Waals surface area contributed by atoms with Crippen molar-refractivity contribution in [2.24, 2.45) is 0 Å². The third-order valence-corrected chi connectivity index (χ3v) is 7.70. The van der Waals surface area contributed by atoms with Gasteiger partial charge in [0, 0.05) is 32.6 Å². The average Bonchev–Trinajstić information content (AvgIpc) is 3.16. The highest BCUT2D eigenvalue weighted by atomic mass is 32.2. The van der Waals surface area contributed by atoms with Crippen LogP contribution in [0.15, 0.2) is 46.0 Å². The molecule has 0 N–H and O–H groups in total. The van der Waals surface area contributed by atoms with Gasteiger partial charge in [0.25, 0.3) is 10.0 Å². The van der Waals surface area contributed by atoms with Crippen LogP contribution < -0.4 is 0 Å². The van der Waals surface area contributed by atoms with Crippen molar-refractivity contribution >= 4 is 27.3 Å². The van der Waals surface area contributed by atoms with E-state index in [0.29, 0.717) is 43.2 Å². The van der Waals surface area contributed by atoms with Crippen LogP contribution in [-0.4, -0.2) is 49.7 Å². The van der Waals surface area contributed by atoms with E-state index >= 15 is 0 Å². The Morgan fingerprint density at radius 3 is 2.36 bits per heavy atom. The molecule has 1 aliphatic heterocycles. The van der Waals surface area contributed by atoms with Gasteiger partial charge in [-0.25, -0.2) is 8.42 Å². The van der Waals surface area contributed by atoms with E-state index in [0.717, 1.165) is 5.56 Å². The first-order valence-electron chi connectivity index (χ1n) is 8.34. The molecule has 1 fully saturated rings. The van der Waals surface area contributed by atoms with Gasteiger partial charge >= 0.3 is 0 Å². The minimum atomic E-state index is -3.41. The van der Waals surface area contributed by atoms with Crippen LogP contribution in [0.4, 0.5) is 0 Å². The number of nitrogens with zero attached hydrogens (tertiary/aromatic N) is 2. The first-order valence-corrected chi connectivity index (χ1v) is 10.7. The fraction of sp³-hybridized carbons (Fsp3) is 0.389. The second-order valence-electron chi connectivity index (χ2n) is 6.20. The van der Waals surface area contributed by atoms with Gasteiger partial charge < -0.3 is 4.90 Å². The summed E-state index contributed by atoms with van der Waals surface area (Å²) in [6.45, 7) is 3.67. The summed E-state index contributed by atoms with van der Waals surface area (Å²) in [5.74, 6) is 0.0914. The SMILES string of the molecule is Cc1ccc(CCC(=O)N2CCN(S(=O)(=O)c3cccs3)CC2)cc1. The zero-order valence-electron chi connectivity index (χ0n) is 14.2. The van der Waals surface area contributed by atoms with Gasteiger partial charge in [0.1, 0.15) is 4.21 Å². The van der Waals surface area contributed by atoms with E-state index in [-0.39, 0.29) is 5.91 Å². The summed E-state index contributed by atoms with van der Waals surface area (Å²) in [5, 5.41) is 1.76. The van der Waals surface area contributed by atoms with Crippen molar-refractivity contribution in [1.29, 1.82) is 0 Å². The van der Waals surface area contributed by atoms with Gasteiger partial charge in [-0.3, -0.25) is 4.79 Å². The first kappa shape index (κ1) is 18.1. The number of thiophene rings is 1. The van der Waals surface area contributed by atoms with E-state index in [2.05, 4.69) is 0 Å². The lowest BCUT2D eigenvalue weighted by molar-refractivity contribution is -0.132. The summed E-state index contributed by atoms with van der Waals surface area (Å²) < 4.78 is 26.8. The van der Waals surface area contributed by atoms with Crippen LogP contribution in [-0.2, 0) is 21.2 Å². The Hall–Kier alpha value is -1.70. The molecule has 1 saturated heterocycles. The molecule has 0 bridgehead atoms. The third-order valence-electron chi connectivity index (χ3n) is 4.43. The fourth-order valence-corrected chi connectivity index (χ4v) is 5.45. The smallest absolute Gasteiger partial charge is 0.252 e. The standard InChI is InChI=1S/C18H22N2O3S2/c1-15-4-6-16(7-5-15)8-9-17(21)19-10-12-20(13-11-19)25(22,23)18-3-2-14-24-18/h2-7,14H,8-13H2,1H3. The highest BCUT2D eigenvalue weighted by molar-refractivity contribution is 7.91. The molecule has 2 aromatic rings. The van der Waals surface area contributed by atoms with E-state index in [1.165, 1.54) is 21.2 Å². The van der Waals surface area contributed by atoms with Crippen molar-refractivity contribution in [2.45, 2.75) is 24.0 Å². The Kier molecular flexibility index (Phi) is 5.56. The number of rotatable bonds is 5. The summed E-state index contributed by atoms with van der Waals surface area (Å²) in [5.41, 5.74) is 2.36. The van der Waals surface area contributed by atoms with Crippen LogP contribution in [0.1, 0.15) is 17.5 Å². The highest BCUT2D eigenvalue weighted by Crippen LogP contribution is 2.22. The first-order chi connectivity index (χ1) is 12.0. The van der Waals surface area contributed by atoms with E-state index in [4.69, 9.17) is 0 Å². The molecule has 134 valence electrons. The molecule has 0 unspecified atom stereocenters. The monoisotopic (exact) mass is 378 g/mol. The Balaban J connectivity index is 1.51. The van der Waals surface area contributed by atoms with Crippen molar-refractivity contribution in [3.8, 4) is 0 Å². The Bertz CT molecular complexity index is 807. The second-order valence-corrected chi connectivity index (χ2v) is 9.32. The predicted octanol–water partition coefficient (Wildman–Crippen LogP) is 2.52. The van der Waals surface area contributed by atoms with Gasteiger partial charge in [-0.05, 0) is 30.4 Å². The van der Waals surface area contributed by atoms with Crippen LogP contribution in [0.3, 0.4) is 0 Å². The van der Waals surface area contributed by atoms with Gasteiger partial charge in [0.2, 0.25) is 5.91 Å². The Morgan fingerprint density at radius 1 is 1.08 bits per heavy atom. The van der Waals surface area contributed by atoms with Crippen molar-refractivity contribution in [3.63, 3.8) is 0 Å². The van der Waals surface area contributed by atoms with Gasteiger partial charge in [-0.1, -0.05) is 35.9 Å². The molecule has 0 atom stereocenters. The topological polar surface area (TPSA) is 57.7 Å². The molecule has 0 spiro atoms. The maximum Gasteiger partial charge on any atom is 0.252 e. The molecular formula is C18H22N2O3S2. The molecule has 1 amide bonds. The van der Waals surface area contributed by atoms with Crippen LogP contribution in [0, 0.1) is 6.92 Å². The van der Waals surface area contributed by atoms with Crippen LogP contribution in [0.25, 0.3) is 0 Å². The minimum absolute atomic E-state index is 0.0914. The number of hydrogen-bond donors (Lipinski definition) is 0. The molecule has 7 heteroatoms. The van der Waals surface area contributed by atoms with Crippen LogP contribution in [0.2, 0.25) is 0 Å². The van der Waals surface area contributed by atoms with Crippen molar-refractivity contribution in [1.82, 2.24) is 9.21 Å². The van der Waals surface area contributed by atoms with E-state index in [1.54, 1.807) is 22.4 Å². The molecule has 0 saturated carbocycles. The molecule has 0 radical (unpaired) electrons. The number of carbonyl (C=O) groups is 1. The molecule has 1 aromatic carbocycles. The highest BCUT2D eigenvalue weighted by Gasteiger charge is 2.30. The normalized spacial score (nSPS) is 16.1. The lowest BCUT2D eigenvalue weighted by Gasteiger charge is -2.33. The average molecular weight is 379 g/mol. The van der Waals surface area contributed by atoms with Gasteiger partial charge in [0.05, 0.1) is 0 Å². The lowest BCUT2D eigenvalue weighted by Crippen LogP contribution is -2.50. The molecule has 3 rings (SSSR count). The minimum Gasteiger partial charge on any atom is -0.340 e. The van der Waals surface area contributed by atoms with Crippen LogP contribution in [0.5, 0.6) is 0 Å². The number of amides is 1. The largest absolute Gasteiger partial charge is 0.340 e. The number of aryl methyl sites for hydroxylation is 2. The Labute approximate surface area is 152 Å². The second kappa shape index (κ2) is 7.68. The van der Waals surface area contributed by atoms with Gasteiger partial charge in [0.15, 0.2) is 0 Å². The molecule has 5 nitrogen and oxygen atoms in total. The molecule has 1 aromatic heterocycles. The maximum absolute atomic E-state index is 12.5. The summed E-state index contributed by atoms with van der Waals surface area (Å²) in [7, 11) is -3.41. The molecule has 0 aliphatic carbocycles. The Morgan fingerprint density at radius 2 is 1.76 bits per heavy atom.